The van der Waals surface area contributed by atoms with Crippen molar-refractivity contribution in [3.8, 4) is 0 Å². The van der Waals surface area contributed by atoms with E-state index < -0.39 is 0 Å². The van der Waals surface area contributed by atoms with Crippen LogP contribution in [0.2, 0.25) is 0 Å². The lowest BCUT2D eigenvalue weighted by molar-refractivity contribution is 0.175. The second-order valence-corrected chi connectivity index (χ2v) is 11.0. The average molecular weight is 605 g/mol. The fraction of sp³-hybridized carbons (Fsp3) is 1.00. The lowest BCUT2D eigenvalue weighted by atomic mass is 10.3. The topological polar surface area (TPSA) is 127 Å². The summed E-state index contributed by atoms with van der Waals surface area (Å²) < 4.78 is 0. The summed E-state index contributed by atoms with van der Waals surface area (Å²) in [7, 11) is 4.10. The molecule has 10 heteroatoms. The molecule has 0 saturated heterocycles. The molecule has 0 rings (SSSR count). The molecule has 0 saturated carbocycles. The van der Waals surface area contributed by atoms with Gasteiger partial charge in [0.15, 0.2) is 0 Å². The molecule has 0 spiro atoms. The van der Waals surface area contributed by atoms with E-state index in [1.54, 1.807) is 0 Å². The Morgan fingerprint density at radius 1 is 0.381 bits per heavy atom. The number of hydrogen-bond acceptors (Lipinski definition) is 10. The number of nitrogens with two attached hydrogens (primary N) is 3. The maximum atomic E-state index is 5.41. The third kappa shape index (κ3) is 35.8. The van der Waals surface area contributed by atoms with E-state index in [4.69, 9.17) is 17.2 Å². The lowest BCUT2D eigenvalue weighted by Gasteiger charge is -2.30. The average Bonchev–Trinajstić information content (AvgIpc) is 2.99. The summed E-state index contributed by atoms with van der Waals surface area (Å²) in [6.07, 6.45) is 7.46. The van der Waals surface area contributed by atoms with Crippen LogP contribution in [0.3, 0.4) is 0 Å². The highest BCUT2D eigenvalue weighted by Gasteiger charge is 2.11. The molecule has 0 heterocycles. The first-order valence-electron chi connectivity index (χ1n) is 17.5. The Bertz CT molecular complexity index is 433. The van der Waals surface area contributed by atoms with Gasteiger partial charge < -0.3 is 52.8 Å². The molecule has 10 nitrogen and oxygen atoms in total. The molecule has 0 aromatic carbocycles. The lowest BCUT2D eigenvalue weighted by Crippen LogP contribution is -2.42. The highest BCUT2D eigenvalue weighted by Crippen LogP contribution is 2.00. The Labute approximate surface area is 264 Å². The van der Waals surface area contributed by atoms with Crippen molar-refractivity contribution in [2.45, 2.75) is 73.1 Å². The van der Waals surface area contributed by atoms with Crippen molar-refractivity contribution < 1.29 is 0 Å². The third-order valence-electron chi connectivity index (χ3n) is 6.91. The summed E-state index contributed by atoms with van der Waals surface area (Å²) in [6.45, 7) is 31.5. The molecule has 258 valence electrons. The number of rotatable bonds is 29. The van der Waals surface area contributed by atoms with Crippen LogP contribution in [0.15, 0.2) is 0 Å². The minimum Gasteiger partial charge on any atom is -0.329 e. The smallest absolute Gasteiger partial charge is 0.0110 e. The van der Waals surface area contributed by atoms with Gasteiger partial charge in [-0.15, -0.1) is 0 Å². The van der Waals surface area contributed by atoms with Gasteiger partial charge in [-0.25, -0.2) is 0 Å². The van der Waals surface area contributed by atoms with Crippen molar-refractivity contribution >= 4 is 0 Å². The Kier molecular flexibility index (Phi) is 44.5. The zero-order valence-electron chi connectivity index (χ0n) is 29.7. The van der Waals surface area contributed by atoms with Crippen LogP contribution < -0.4 is 33.2 Å². The first-order chi connectivity index (χ1) is 20.5. The largest absolute Gasteiger partial charge is 0.329 e. The van der Waals surface area contributed by atoms with Gasteiger partial charge in [0, 0.05) is 91.6 Å². The quantitative estimate of drug-likeness (QED) is 0.0700. The Hall–Kier alpha value is -0.400. The van der Waals surface area contributed by atoms with Crippen molar-refractivity contribution in [1.82, 2.24) is 35.6 Å². The summed E-state index contributed by atoms with van der Waals surface area (Å²) in [4.78, 5) is 10.2. The maximum absolute atomic E-state index is 5.41. The zero-order valence-corrected chi connectivity index (χ0v) is 29.7. The van der Waals surface area contributed by atoms with E-state index in [-0.39, 0.29) is 0 Å². The van der Waals surface area contributed by atoms with E-state index in [9.17, 15) is 0 Å². The van der Waals surface area contributed by atoms with Crippen molar-refractivity contribution in [2.75, 3.05) is 138 Å². The molecule has 0 amide bonds. The molecule has 0 aliphatic rings. The van der Waals surface area contributed by atoms with Crippen LogP contribution in [0.5, 0.6) is 0 Å². The third-order valence-corrected chi connectivity index (χ3v) is 6.91. The molecule has 42 heavy (non-hydrogen) atoms. The van der Waals surface area contributed by atoms with E-state index in [1.165, 1.54) is 90.9 Å². The minimum absolute atomic E-state index is 0.736. The van der Waals surface area contributed by atoms with Crippen LogP contribution in [-0.4, -0.2) is 158 Å². The molecule has 0 aromatic rings. The van der Waals surface area contributed by atoms with Crippen LogP contribution in [-0.2, 0) is 0 Å². The molecular weight excluding hydrogens is 524 g/mol. The Morgan fingerprint density at radius 2 is 0.786 bits per heavy atom. The fourth-order valence-corrected chi connectivity index (χ4v) is 4.55. The van der Waals surface area contributed by atoms with Gasteiger partial charge in [0.25, 0.3) is 0 Å². The van der Waals surface area contributed by atoms with Gasteiger partial charge >= 0.3 is 0 Å². The summed E-state index contributed by atoms with van der Waals surface area (Å²) in [6, 6.07) is 0. The molecule has 0 unspecified atom stereocenters. The molecular formula is C32H80N10. The van der Waals surface area contributed by atoms with Crippen LogP contribution in [0, 0.1) is 0 Å². The second-order valence-electron chi connectivity index (χ2n) is 11.0. The van der Waals surface area contributed by atoms with E-state index in [1.807, 2.05) is 7.05 Å². The number of nitrogens with zero attached hydrogens (tertiary/aromatic N) is 4. The van der Waals surface area contributed by atoms with Gasteiger partial charge in [0.1, 0.15) is 0 Å². The molecule has 0 fully saturated rings. The predicted octanol–water partition coefficient (Wildman–Crippen LogP) is 1.51. The van der Waals surface area contributed by atoms with Crippen molar-refractivity contribution in [3.05, 3.63) is 0 Å². The van der Waals surface area contributed by atoms with Crippen LogP contribution in [0.1, 0.15) is 73.1 Å². The summed E-state index contributed by atoms with van der Waals surface area (Å²) >= 11 is 0. The highest BCUT2D eigenvalue weighted by atomic mass is 15.2. The van der Waals surface area contributed by atoms with Gasteiger partial charge in [-0.05, 0) is 78.9 Å². The van der Waals surface area contributed by atoms with E-state index >= 15 is 0 Å². The van der Waals surface area contributed by atoms with Gasteiger partial charge in [0.2, 0.25) is 0 Å². The SMILES string of the molecule is CCCCN(CCNC)CCN(CCC)CCN(CCC)CCNC.CCCN(CCN)CCN.CCCNCCN. The van der Waals surface area contributed by atoms with Gasteiger partial charge in [-0.1, -0.05) is 41.0 Å². The first kappa shape index (κ1) is 46.0. The van der Waals surface area contributed by atoms with E-state index in [0.717, 1.165) is 72.0 Å². The summed E-state index contributed by atoms with van der Waals surface area (Å²) in [5.41, 5.74) is 16.0. The summed E-state index contributed by atoms with van der Waals surface area (Å²) in [5, 5.41) is 9.73. The second kappa shape index (κ2) is 40.6. The van der Waals surface area contributed by atoms with E-state index in [2.05, 4.69) is 77.2 Å². The monoisotopic (exact) mass is 605 g/mol. The van der Waals surface area contributed by atoms with Crippen molar-refractivity contribution in [1.29, 1.82) is 0 Å². The number of nitrogens with one attached hydrogen (secondary N) is 3. The first-order valence-corrected chi connectivity index (χ1v) is 17.5. The molecule has 0 aliphatic carbocycles. The molecule has 0 bridgehead atoms. The highest BCUT2D eigenvalue weighted by molar-refractivity contribution is 4.68. The number of unbranched alkanes of at least 4 members (excludes halogenated alkanes) is 1. The standard InChI is InChI=1S/C20H47N5.C7H19N3.C5H14N2/c1-6-9-14-25(16-11-22-5)20-19-24(13-8-3)18-17-23(12-7-2)15-10-21-4;1-2-5-10(6-3-8)7-4-9;1-2-4-7-5-3-6/h21-22H,6-20H2,1-5H3;2-9H2,1H3;7H,2-6H2,1H3. The minimum atomic E-state index is 0.736. The van der Waals surface area contributed by atoms with Crippen molar-refractivity contribution in [2.24, 2.45) is 17.2 Å². The fourth-order valence-electron chi connectivity index (χ4n) is 4.55. The van der Waals surface area contributed by atoms with Crippen LogP contribution >= 0.6 is 0 Å². The number of hydrogen-bond donors (Lipinski definition) is 6. The van der Waals surface area contributed by atoms with Crippen LogP contribution in [0.4, 0.5) is 0 Å². The Morgan fingerprint density at radius 3 is 1.12 bits per heavy atom. The Balaban J connectivity index is -0.000000727. The van der Waals surface area contributed by atoms with Crippen LogP contribution in [0.25, 0.3) is 0 Å². The summed E-state index contributed by atoms with van der Waals surface area (Å²) in [5.74, 6) is 0. The zero-order chi connectivity index (χ0) is 32.1. The molecule has 0 radical (unpaired) electrons. The molecule has 0 atom stereocenters. The molecule has 0 aliphatic heterocycles. The maximum Gasteiger partial charge on any atom is 0.0110 e. The van der Waals surface area contributed by atoms with Gasteiger partial charge in [-0.2, -0.15) is 0 Å². The molecule has 0 aromatic heterocycles. The van der Waals surface area contributed by atoms with Gasteiger partial charge in [-0.3, -0.25) is 0 Å². The van der Waals surface area contributed by atoms with Crippen molar-refractivity contribution in [3.63, 3.8) is 0 Å². The normalized spacial score (nSPS) is 11.3. The predicted molar refractivity (Wildman–Crippen MR) is 190 cm³/mol. The molecule has 9 N–H and O–H groups in total. The number of likely N-dealkylation sites (N-methyl/N-ethyl adjacent to an activating group) is 2. The van der Waals surface area contributed by atoms with E-state index in [0.29, 0.717) is 0 Å². The van der Waals surface area contributed by atoms with Gasteiger partial charge in [0.05, 0.1) is 0 Å².